The molecule has 4 nitrogen and oxygen atoms in total. The Bertz CT molecular complexity index is 593. The standard InChI is InChI=1S/C18H23O4P/c1-3-21-23(20,22-4-2)15-18(19,16-11-7-5-8-12-16)17-13-9-6-10-14-17/h5-14,19H,3-4,15H2,1-2H3. The normalized spacial score (nSPS) is 12.3. The van der Waals surface area contributed by atoms with Gasteiger partial charge < -0.3 is 14.2 Å². The molecule has 5 heteroatoms. The lowest BCUT2D eigenvalue weighted by molar-refractivity contribution is 0.0928. The van der Waals surface area contributed by atoms with Gasteiger partial charge in [0.25, 0.3) is 0 Å². The summed E-state index contributed by atoms with van der Waals surface area (Å²) in [6, 6.07) is 18.4. The van der Waals surface area contributed by atoms with Gasteiger partial charge in [-0.25, -0.2) is 0 Å². The summed E-state index contributed by atoms with van der Waals surface area (Å²) in [6.07, 6.45) is -0.129. The molecule has 2 rings (SSSR count). The van der Waals surface area contributed by atoms with E-state index >= 15 is 0 Å². The Hall–Kier alpha value is -1.45. The van der Waals surface area contributed by atoms with E-state index in [1.54, 1.807) is 13.8 Å². The zero-order chi connectivity index (χ0) is 16.8. The van der Waals surface area contributed by atoms with Crippen LogP contribution in [0.1, 0.15) is 25.0 Å². The second kappa shape index (κ2) is 7.89. The fourth-order valence-corrected chi connectivity index (χ4v) is 4.55. The number of benzene rings is 2. The lowest BCUT2D eigenvalue weighted by Gasteiger charge is -2.32. The van der Waals surface area contributed by atoms with E-state index in [-0.39, 0.29) is 19.4 Å². The molecule has 0 bridgehead atoms. The van der Waals surface area contributed by atoms with Crippen LogP contribution in [0.4, 0.5) is 0 Å². The maximum Gasteiger partial charge on any atom is 0.334 e. The third-order valence-corrected chi connectivity index (χ3v) is 5.72. The first-order valence-electron chi connectivity index (χ1n) is 7.75. The fraction of sp³-hybridized carbons (Fsp3) is 0.333. The van der Waals surface area contributed by atoms with E-state index in [0.717, 1.165) is 0 Å². The van der Waals surface area contributed by atoms with E-state index in [2.05, 4.69) is 0 Å². The van der Waals surface area contributed by atoms with Crippen LogP contribution in [-0.4, -0.2) is 24.5 Å². The zero-order valence-corrected chi connectivity index (χ0v) is 14.4. The second-order valence-electron chi connectivity index (χ2n) is 5.20. The molecule has 23 heavy (non-hydrogen) atoms. The van der Waals surface area contributed by atoms with Gasteiger partial charge in [-0.15, -0.1) is 0 Å². The summed E-state index contributed by atoms with van der Waals surface area (Å²) >= 11 is 0. The number of hydrogen-bond acceptors (Lipinski definition) is 4. The molecule has 0 fully saturated rings. The molecule has 0 aliphatic heterocycles. The van der Waals surface area contributed by atoms with Crippen LogP contribution in [0.25, 0.3) is 0 Å². The van der Waals surface area contributed by atoms with Gasteiger partial charge in [-0.3, -0.25) is 4.57 Å². The van der Waals surface area contributed by atoms with Crippen LogP contribution in [0.3, 0.4) is 0 Å². The molecule has 2 aromatic carbocycles. The van der Waals surface area contributed by atoms with Crippen LogP contribution in [0.15, 0.2) is 60.7 Å². The van der Waals surface area contributed by atoms with Crippen molar-refractivity contribution in [3.8, 4) is 0 Å². The Morgan fingerprint density at radius 3 is 1.61 bits per heavy atom. The van der Waals surface area contributed by atoms with Gasteiger partial charge in [0.05, 0.1) is 19.4 Å². The zero-order valence-electron chi connectivity index (χ0n) is 13.5. The first kappa shape index (κ1) is 17.9. The average molecular weight is 334 g/mol. The summed E-state index contributed by atoms with van der Waals surface area (Å²) in [6.45, 7) is 4.04. The molecule has 0 saturated carbocycles. The van der Waals surface area contributed by atoms with Crippen molar-refractivity contribution < 1.29 is 18.7 Å². The first-order chi connectivity index (χ1) is 11.0. The van der Waals surface area contributed by atoms with Crippen LogP contribution >= 0.6 is 7.60 Å². The molecule has 0 aliphatic carbocycles. The lowest BCUT2D eigenvalue weighted by atomic mass is 9.88. The van der Waals surface area contributed by atoms with E-state index in [4.69, 9.17) is 9.05 Å². The third-order valence-electron chi connectivity index (χ3n) is 3.58. The predicted molar refractivity (Wildman–Crippen MR) is 91.6 cm³/mol. The molecule has 0 aliphatic rings. The van der Waals surface area contributed by atoms with Gasteiger partial charge in [0, 0.05) is 0 Å². The van der Waals surface area contributed by atoms with Crippen LogP contribution in [0, 0.1) is 0 Å². The van der Waals surface area contributed by atoms with E-state index in [1.807, 2.05) is 60.7 Å². The van der Waals surface area contributed by atoms with Crippen molar-refractivity contribution in [3.05, 3.63) is 71.8 Å². The summed E-state index contributed by atoms with van der Waals surface area (Å²) in [5.74, 6) is 0. The minimum atomic E-state index is -3.42. The molecular weight excluding hydrogens is 311 g/mol. The third kappa shape index (κ3) is 4.30. The SMILES string of the molecule is CCOP(=O)(CC(O)(c1ccccc1)c1ccccc1)OCC. The van der Waals surface area contributed by atoms with Crippen LogP contribution in [-0.2, 0) is 19.2 Å². The van der Waals surface area contributed by atoms with Crippen molar-refractivity contribution >= 4 is 7.60 Å². The lowest BCUT2D eigenvalue weighted by Crippen LogP contribution is -2.32. The Morgan fingerprint density at radius 1 is 0.870 bits per heavy atom. The molecule has 1 N–H and O–H groups in total. The number of aliphatic hydroxyl groups is 1. The van der Waals surface area contributed by atoms with Crippen molar-refractivity contribution in [2.75, 3.05) is 19.4 Å². The quantitative estimate of drug-likeness (QED) is 0.736. The van der Waals surface area contributed by atoms with Crippen molar-refractivity contribution in [1.82, 2.24) is 0 Å². The number of rotatable bonds is 8. The Morgan fingerprint density at radius 2 is 1.26 bits per heavy atom. The summed E-state index contributed by atoms with van der Waals surface area (Å²) < 4.78 is 23.7. The molecule has 0 unspecified atom stereocenters. The highest BCUT2D eigenvalue weighted by Gasteiger charge is 2.41. The largest absolute Gasteiger partial charge is 0.380 e. The van der Waals surface area contributed by atoms with Gasteiger partial charge >= 0.3 is 7.60 Å². The van der Waals surface area contributed by atoms with E-state index < -0.39 is 13.2 Å². The molecule has 2 aromatic rings. The highest BCUT2D eigenvalue weighted by molar-refractivity contribution is 7.53. The smallest absolute Gasteiger partial charge is 0.334 e. The molecular formula is C18H23O4P. The second-order valence-corrected chi connectivity index (χ2v) is 7.25. The first-order valence-corrected chi connectivity index (χ1v) is 9.48. The van der Waals surface area contributed by atoms with Crippen LogP contribution in [0.5, 0.6) is 0 Å². The monoisotopic (exact) mass is 334 g/mol. The van der Waals surface area contributed by atoms with E-state index in [9.17, 15) is 9.67 Å². The summed E-state index contributed by atoms with van der Waals surface area (Å²) in [5, 5.41) is 11.4. The highest BCUT2D eigenvalue weighted by atomic mass is 31.2. The topological polar surface area (TPSA) is 55.8 Å². The molecule has 0 aromatic heterocycles. The maximum absolute atomic E-state index is 13.0. The predicted octanol–water partition coefficient (Wildman–Crippen LogP) is 4.19. The minimum Gasteiger partial charge on any atom is -0.380 e. The molecule has 0 radical (unpaired) electrons. The van der Waals surface area contributed by atoms with Gasteiger partial charge in [0.1, 0.15) is 5.60 Å². The summed E-state index contributed by atoms with van der Waals surface area (Å²) in [5.41, 5.74) is -0.126. The van der Waals surface area contributed by atoms with Gasteiger partial charge in [-0.2, -0.15) is 0 Å². The van der Waals surface area contributed by atoms with Gasteiger partial charge in [0.15, 0.2) is 0 Å². The Kier molecular flexibility index (Phi) is 6.14. The fourth-order valence-electron chi connectivity index (χ4n) is 2.58. The molecule has 0 spiro atoms. The summed E-state index contributed by atoms with van der Waals surface area (Å²) in [7, 11) is -3.42. The van der Waals surface area contributed by atoms with Crippen molar-refractivity contribution in [2.45, 2.75) is 19.4 Å². The molecule has 0 atom stereocenters. The van der Waals surface area contributed by atoms with E-state index in [0.29, 0.717) is 11.1 Å². The van der Waals surface area contributed by atoms with Crippen molar-refractivity contribution in [1.29, 1.82) is 0 Å². The molecule has 0 heterocycles. The van der Waals surface area contributed by atoms with Gasteiger partial charge in [-0.05, 0) is 25.0 Å². The van der Waals surface area contributed by atoms with Crippen molar-refractivity contribution in [2.24, 2.45) is 0 Å². The molecule has 0 saturated heterocycles. The summed E-state index contributed by atoms with van der Waals surface area (Å²) in [4.78, 5) is 0. The molecule has 0 amide bonds. The Balaban J connectivity index is 2.48. The van der Waals surface area contributed by atoms with Gasteiger partial charge in [0.2, 0.25) is 0 Å². The minimum absolute atomic E-state index is 0.129. The van der Waals surface area contributed by atoms with Crippen LogP contribution in [0.2, 0.25) is 0 Å². The average Bonchev–Trinajstić information content (AvgIpc) is 2.56. The Labute approximate surface area is 137 Å². The molecule has 124 valence electrons. The maximum atomic E-state index is 13.0. The van der Waals surface area contributed by atoms with E-state index in [1.165, 1.54) is 0 Å². The van der Waals surface area contributed by atoms with Gasteiger partial charge in [-0.1, -0.05) is 60.7 Å². The van der Waals surface area contributed by atoms with Crippen molar-refractivity contribution in [3.63, 3.8) is 0 Å². The number of hydrogen-bond donors (Lipinski definition) is 1. The van der Waals surface area contributed by atoms with Crippen LogP contribution < -0.4 is 0 Å². The highest BCUT2D eigenvalue weighted by Crippen LogP contribution is 2.53.